The van der Waals surface area contributed by atoms with Crippen molar-refractivity contribution in [1.29, 1.82) is 0 Å². The molecule has 4 rings (SSSR count). The zero-order chi connectivity index (χ0) is 22.0. The highest BCUT2D eigenvalue weighted by Crippen LogP contribution is 2.40. The fraction of sp³-hybridized carbons (Fsp3) is 0.167. The molecule has 2 heterocycles. The maximum atomic E-state index is 13.0. The SMILES string of the molecule is CCOc1ccc(C(O)=C2C(=O)C(=O)N(Cc3ccco3)C2c2ccc(O)cc2)cc1. The van der Waals surface area contributed by atoms with Gasteiger partial charge in [0.15, 0.2) is 0 Å². The van der Waals surface area contributed by atoms with Crippen LogP contribution in [0.3, 0.4) is 0 Å². The van der Waals surface area contributed by atoms with E-state index in [0.29, 0.717) is 29.2 Å². The largest absolute Gasteiger partial charge is 0.508 e. The van der Waals surface area contributed by atoms with Crippen LogP contribution in [0, 0.1) is 0 Å². The lowest BCUT2D eigenvalue weighted by Crippen LogP contribution is -2.29. The molecule has 1 aliphatic rings. The third-order valence-electron chi connectivity index (χ3n) is 5.09. The summed E-state index contributed by atoms with van der Waals surface area (Å²) in [6.45, 7) is 2.43. The van der Waals surface area contributed by atoms with Gasteiger partial charge in [0.2, 0.25) is 0 Å². The number of aliphatic hydroxyl groups excluding tert-OH is 1. The number of aromatic hydroxyl groups is 1. The lowest BCUT2D eigenvalue weighted by atomic mass is 9.95. The second-order valence-electron chi connectivity index (χ2n) is 7.06. The van der Waals surface area contributed by atoms with Crippen molar-refractivity contribution < 1.29 is 29.0 Å². The molecule has 1 fully saturated rings. The van der Waals surface area contributed by atoms with Crippen molar-refractivity contribution in [3.05, 3.63) is 89.4 Å². The normalized spacial score (nSPS) is 17.8. The van der Waals surface area contributed by atoms with Gasteiger partial charge in [-0.15, -0.1) is 0 Å². The van der Waals surface area contributed by atoms with Gasteiger partial charge in [-0.25, -0.2) is 0 Å². The Kier molecular flexibility index (Phi) is 5.49. The van der Waals surface area contributed by atoms with Gasteiger partial charge in [-0.05, 0) is 61.0 Å². The average molecular weight is 419 g/mol. The van der Waals surface area contributed by atoms with Crippen LogP contribution in [0.4, 0.5) is 0 Å². The summed E-state index contributed by atoms with van der Waals surface area (Å²) in [5.74, 6) is -0.600. The van der Waals surface area contributed by atoms with Crippen LogP contribution in [-0.2, 0) is 16.1 Å². The molecule has 7 nitrogen and oxygen atoms in total. The van der Waals surface area contributed by atoms with E-state index >= 15 is 0 Å². The highest BCUT2D eigenvalue weighted by molar-refractivity contribution is 6.46. The molecule has 3 aromatic rings. The number of ketones is 1. The average Bonchev–Trinajstić information content (AvgIpc) is 3.37. The maximum Gasteiger partial charge on any atom is 0.296 e. The monoisotopic (exact) mass is 419 g/mol. The van der Waals surface area contributed by atoms with E-state index in [0.717, 1.165) is 0 Å². The van der Waals surface area contributed by atoms with E-state index in [9.17, 15) is 19.8 Å². The van der Waals surface area contributed by atoms with E-state index in [2.05, 4.69) is 0 Å². The molecular formula is C24H21NO6. The van der Waals surface area contributed by atoms with Crippen LogP contribution >= 0.6 is 0 Å². The first kappa shape index (κ1) is 20.3. The number of likely N-dealkylation sites (tertiary alicyclic amines) is 1. The predicted molar refractivity (Wildman–Crippen MR) is 112 cm³/mol. The number of aliphatic hydroxyl groups is 1. The second kappa shape index (κ2) is 8.39. The van der Waals surface area contributed by atoms with Crippen molar-refractivity contribution >= 4 is 17.4 Å². The Labute approximate surface area is 178 Å². The molecular weight excluding hydrogens is 398 g/mol. The molecule has 2 N–H and O–H groups in total. The van der Waals surface area contributed by atoms with Crippen LogP contribution in [0.1, 0.15) is 29.9 Å². The van der Waals surface area contributed by atoms with Gasteiger partial charge in [0.25, 0.3) is 11.7 Å². The van der Waals surface area contributed by atoms with Gasteiger partial charge in [-0.1, -0.05) is 12.1 Å². The zero-order valence-electron chi connectivity index (χ0n) is 16.8. The van der Waals surface area contributed by atoms with Crippen molar-refractivity contribution in [3.8, 4) is 11.5 Å². The van der Waals surface area contributed by atoms with Gasteiger partial charge in [0.05, 0.1) is 31.0 Å². The number of phenolic OH excluding ortho intramolecular Hbond substituents is 1. The number of carbonyl (C=O) groups excluding carboxylic acids is 2. The molecule has 1 amide bonds. The summed E-state index contributed by atoms with van der Waals surface area (Å²) in [6.07, 6.45) is 1.49. The molecule has 0 aliphatic carbocycles. The number of amides is 1. The smallest absolute Gasteiger partial charge is 0.296 e. The van der Waals surface area contributed by atoms with Crippen molar-refractivity contribution in [2.75, 3.05) is 6.61 Å². The Morgan fingerprint density at radius 3 is 2.39 bits per heavy atom. The first-order valence-corrected chi connectivity index (χ1v) is 9.82. The summed E-state index contributed by atoms with van der Waals surface area (Å²) in [4.78, 5) is 27.2. The highest BCUT2D eigenvalue weighted by Gasteiger charge is 2.46. The number of Topliss-reactive ketones (excluding diaryl/α,β-unsaturated/α-hetero) is 1. The van der Waals surface area contributed by atoms with Crippen molar-refractivity contribution in [2.45, 2.75) is 19.5 Å². The summed E-state index contributed by atoms with van der Waals surface area (Å²) >= 11 is 0. The van der Waals surface area contributed by atoms with Crippen molar-refractivity contribution in [2.24, 2.45) is 0 Å². The summed E-state index contributed by atoms with van der Waals surface area (Å²) < 4.78 is 10.8. The van der Waals surface area contributed by atoms with Gasteiger partial charge in [-0.2, -0.15) is 0 Å². The third-order valence-corrected chi connectivity index (χ3v) is 5.09. The van der Waals surface area contributed by atoms with Gasteiger partial charge in [-0.3, -0.25) is 9.59 Å². The first-order valence-electron chi connectivity index (χ1n) is 9.82. The minimum atomic E-state index is -0.836. The molecule has 0 radical (unpaired) electrons. The minimum absolute atomic E-state index is 0.0218. The number of rotatable bonds is 6. The highest BCUT2D eigenvalue weighted by atomic mass is 16.5. The van der Waals surface area contributed by atoms with E-state index in [4.69, 9.17) is 9.15 Å². The van der Waals surface area contributed by atoms with E-state index in [1.807, 2.05) is 6.92 Å². The van der Waals surface area contributed by atoms with Crippen molar-refractivity contribution in [1.82, 2.24) is 4.90 Å². The lowest BCUT2D eigenvalue weighted by Gasteiger charge is -2.24. The van der Waals surface area contributed by atoms with Gasteiger partial charge >= 0.3 is 0 Å². The number of phenols is 1. The van der Waals surface area contributed by atoms with Crippen LogP contribution in [0.25, 0.3) is 5.76 Å². The lowest BCUT2D eigenvalue weighted by molar-refractivity contribution is -0.140. The molecule has 158 valence electrons. The summed E-state index contributed by atoms with van der Waals surface area (Å²) in [5.41, 5.74) is 0.950. The van der Waals surface area contributed by atoms with Crippen LogP contribution in [0.5, 0.6) is 11.5 Å². The Morgan fingerprint density at radius 2 is 1.77 bits per heavy atom. The molecule has 7 heteroatoms. The molecule has 1 saturated heterocycles. The molecule has 1 aliphatic heterocycles. The Morgan fingerprint density at radius 1 is 1.06 bits per heavy atom. The maximum absolute atomic E-state index is 13.0. The number of furan rings is 1. The summed E-state index contributed by atoms with van der Waals surface area (Å²) in [7, 11) is 0. The molecule has 0 saturated carbocycles. The van der Waals surface area contributed by atoms with Gasteiger partial charge in [0, 0.05) is 5.56 Å². The fourth-order valence-electron chi connectivity index (χ4n) is 3.65. The number of ether oxygens (including phenoxy) is 1. The molecule has 0 bridgehead atoms. The van der Waals surface area contributed by atoms with Crippen LogP contribution < -0.4 is 4.74 Å². The predicted octanol–water partition coefficient (Wildman–Crippen LogP) is 4.01. The van der Waals surface area contributed by atoms with Crippen LogP contribution in [0.15, 0.2) is 76.9 Å². The number of hydrogen-bond donors (Lipinski definition) is 2. The standard InChI is InChI=1S/C24H21NO6/c1-2-30-18-11-7-16(8-12-18)22(27)20-21(15-5-9-17(26)10-6-15)25(24(29)23(20)28)14-19-4-3-13-31-19/h3-13,21,26-27H,2,14H2,1H3. The van der Waals surface area contributed by atoms with E-state index in [-0.39, 0.29) is 23.6 Å². The topological polar surface area (TPSA) is 100 Å². The Hall–Kier alpha value is -4.00. The quantitative estimate of drug-likeness (QED) is 0.356. The second-order valence-corrected chi connectivity index (χ2v) is 7.06. The first-order chi connectivity index (χ1) is 15.0. The molecule has 0 spiro atoms. The Balaban J connectivity index is 1.81. The van der Waals surface area contributed by atoms with Gasteiger partial charge < -0.3 is 24.3 Å². The molecule has 1 atom stereocenters. The van der Waals surface area contributed by atoms with Crippen LogP contribution in [-0.4, -0.2) is 33.4 Å². The van der Waals surface area contributed by atoms with E-state index in [1.165, 1.54) is 23.3 Å². The minimum Gasteiger partial charge on any atom is -0.508 e. The molecule has 31 heavy (non-hydrogen) atoms. The van der Waals surface area contributed by atoms with E-state index < -0.39 is 17.7 Å². The summed E-state index contributed by atoms with van der Waals surface area (Å²) in [5, 5.41) is 20.7. The fourth-order valence-corrected chi connectivity index (χ4v) is 3.65. The van der Waals surface area contributed by atoms with Crippen LogP contribution in [0.2, 0.25) is 0 Å². The summed E-state index contributed by atoms with van der Waals surface area (Å²) in [6, 6.07) is 15.4. The zero-order valence-corrected chi connectivity index (χ0v) is 16.8. The van der Waals surface area contributed by atoms with E-state index in [1.54, 1.807) is 48.5 Å². The molecule has 1 unspecified atom stereocenters. The van der Waals surface area contributed by atoms with Crippen molar-refractivity contribution in [3.63, 3.8) is 0 Å². The van der Waals surface area contributed by atoms with Gasteiger partial charge in [0.1, 0.15) is 23.0 Å². The number of carbonyl (C=O) groups is 2. The molecule has 2 aromatic carbocycles. The Bertz CT molecular complexity index is 1110. The number of benzene rings is 2. The number of hydrogen-bond acceptors (Lipinski definition) is 6. The number of nitrogens with zero attached hydrogens (tertiary/aromatic N) is 1. The molecule has 1 aromatic heterocycles. The third kappa shape index (κ3) is 3.90.